The maximum Gasteiger partial charge on any atom is 0.227 e. The van der Waals surface area contributed by atoms with Crippen molar-refractivity contribution in [2.75, 3.05) is 0 Å². The molecule has 0 bridgehead atoms. The lowest BCUT2D eigenvalue weighted by molar-refractivity contribution is -0.660. The lowest BCUT2D eigenvalue weighted by atomic mass is 9.83. The Morgan fingerprint density at radius 1 is 1.07 bits per heavy atom. The molecule has 0 unspecified atom stereocenters. The number of hydrogen-bond donors (Lipinski definition) is 0. The average Bonchev–Trinajstić information content (AvgIpc) is 3.12. The predicted octanol–water partition coefficient (Wildman–Crippen LogP) is 6.21. The second kappa shape index (κ2) is 7.29. The Balaban J connectivity index is 1.80. The summed E-state index contributed by atoms with van der Waals surface area (Å²) >= 11 is 0. The van der Waals surface area contributed by atoms with Crippen LogP contribution in [0, 0.1) is 19.8 Å². The molecule has 3 nitrogen and oxygen atoms in total. The third kappa shape index (κ3) is 3.23. The van der Waals surface area contributed by atoms with Crippen LogP contribution in [0.5, 0.6) is 0 Å². The van der Waals surface area contributed by atoms with Crippen LogP contribution in [0.4, 0.5) is 0 Å². The highest BCUT2D eigenvalue weighted by Gasteiger charge is 2.26. The topological polar surface area (TPSA) is 29.9 Å². The van der Waals surface area contributed by atoms with Crippen molar-refractivity contribution in [1.29, 1.82) is 0 Å². The highest BCUT2D eigenvalue weighted by Crippen LogP contribution is 2.38. The molecule has 0 radical (unpaired) electrons. The van der Waals surface area contributed by atoms with Crippen molar-refractivity contribution in [2.45, 2.75) is 52.3 Å². The Hall–Kier alpha value is -2.68. The Labute approximate surface area is 175 Å². The summed E-state index contributed by atoms with van der Waals surface area (Å²) in [5.41, 5.74) is 6.04. The normalized spacial score (nSPS) is 16.9. The molecule has 0 spiro atoms. The summed E-state index contributed by atoms with van der Waals surface area (Å²) < 4.78 is 26.7. The zero-order chi connectivity index (χ0) is 21.8. The Morgan fingerprint density at radius 3 is 2.69 bits per heavy atom. The van der Waals surface area contributed by atoms with Gasteiger partial charge in [0.05, 0.1) is 5.56 Å². The van der Waals surface area contributed by atoms with Crippen LogP contribution in [0.1, 0.15) is 51.7 Å². The lowest BCUT2D eigenvalue weighted by Gasteiger charge is -2.22. The molecule has 0 N–H and O–H groups in total. The van der Waals surface area contributed by atoms with Crippen LogP contribution in [0.15, 0.2) is 47.0 Å². The van der Waals surface area contributed by atoms with Gasteiger partial charge < -0.3 is 4.42 Å². The average molecular weight is 388 g/mol. The van der Waals surface area contributed by atoms with E-state index < -0.39 is 6.37 Å². The zero-order valence-corrected chi connectivity index (χ0v) is 17.5. The molecule has 0 amide bonds. The second-order valence-corrected chi connectivity index (χ2v) is 8.40. The van der Waals surface area contributed by atoms with Crippen LogP contribution in [0.25, 0.3) is 33.3 Å². The number of aryl methyl sites for hydroxylation is 3. The van der Waals surface area contributed by atoms with Crippen LogP contribution in [0.3, 0.4) is 0 Å². The molecule has 0 aliphatic heterocycles. The van der Waals surface area contributed by atoms with Crippen molar-refractivity contribution in [3.8, 4) is 11.3 Å². The monoisotopic (exact) mass is 387 g/mol. The first-order valence-electron chi connectivity index (χ1n) is 11.7. The van der Waals surface area contributed by atoms with Gasteiger partial charge in [0.1, 0.15) is 7.05 Å². The van der Waals surface area contributed by atoms with Gasteiger partial charge in [0, 0.05) is 30.8 Å². The van der Waals surface area contributed by atoms with E-state index in [1.807, 2.05) is 42.9 Å². The van der Waals surface area contributed by atoms with Crippen LogP contribution in [0.2, 0.25) is 0 Å². The fourth-order valence-electron chi connectivity index (χ4n) is 4.71. The molecule has 3 aromatic heterocycles. The van der Waals surface area contributed by atoms with Gasteiger partial charge in [-0.1, -0.05) is 44.2 Å². The summed E-state index contributed by atoms with van der Waals surface area (Å²) in [6.07, 6.45) is 5.93. The fourth-order valence-corrected chi connectivity index (χ4v) is 4.71. The summed E-state index contributed by atoms with van der Waals surface area (Å²) in [7, 11) is 2.00. The van der Waals surface area contributed by atoms with Gasteiger partial charge in [-0.15, -0.1) is 0 Å². The van der Waals surface area contributed by atoms with Gasteiger partial charge >= 0.3 is 0 Å². The van der Waals surface area contributed by atoms with Crippen molar-refractivity contribution in [1.82, 2.24) is 4.98 Å². The van der Waals surface area contributed by atoms with Gasteiger partial charge in [-0.3, -0.25) is 0 Å². The van der Waals surface area contributed by atoms with Crippen molar-refractivity contribution in [3.05, 3.63) is 59.4 Å². The second-order valence-electron chi connectivity index (χ2n) is 8.40. The SMILES string of the molecule is [2H]C([2H])(c1ccc[n+](C)c1-c1c(C)ccc2c1oc1nc(C)ccc12)C1CCCCC1. The third-order valence-corrected chi connectivity index (χ3v) is 6.24. The summed E-state index contributed by atoms with van der Waals surface area (Å²) in [4.78, 5) is 4.60. The number of pyridine rings is 2. The zero-order valence-electron chi connectivity index (χ0n) is 19.5. The molecule has 0 saturated heterocycles. The largest absolute Gasteiger partial charge is 0.437 e. The molecule has 29 heavy (non-hydrogen) atoms. The van der Waals surface area contributed by atoms with Crippen LogP contribution in [-0.4, -0.2) is 4.98 Å². The first-order chi connectivity index (χ1) is 14.9. The highest BCUT2D eigenvalue weighted by molar-refractivity contribution is 6.08. The molecule has 1 aliphatic carbocycles. The maximum absolute atomic E-state index is 9.17. The van der Waals surface area contributed by atoms with Gasteiger partial charge in [-0.05, 0) is 49.9 Å². The first-order valence-corrected chi connectivity index (χ1v) is 10.7. The Morgan fingerprint density at radius 2 is 1.86 bits per heavy atom. The summed E-state index contributed by atoms with van der Waals surface area (Å²) in [6.45, 7) is 4.04. The third-order valence-electron chi connectivity index (χ3n) is 6.24. The van der Waals surface area contributed by atoms with Gasteiger partial charge in [-0.25, -0.2) is 9.55 Å². The van der Waals surface area contributed by atoms with E-state index in [4.69, 9.17) is 4.42 Å². The molecule has 148 valence electrons. The minimum atomic E-state index is -1.40. The molecule has 5 rings (SSSR count). The van der Waals surface area contributed by atoms with E-state index in [-0.39, 0.29) is 5.92 Å². The molecule has 1 aliphatic rings. The van der Waals surface area contributed by atoms with Crippen molar-refractivity contribution < 1.29 is 11.7 Å². The minimum Gasteiger partial charge on any atom is -0.437 e. The summed E-state index contributed by atoms with van der Waals surface area (Å²) in [5.74, 6) is 0.0434. The van der Waals surface area contributed by atoms with Gasteiger partial charge in [0.25, 0.3) is 0 Å². The molecule has 0 atom stereocenters. The van der Waals surface area contributed by atoms with E-state index in [0.717, 1.165) is 70.1 Å². The highest BCUT2D eigenvalue weighted by atomic mass is 16.3. The molecule has 3 heterocycles. The van der Waals surface area contributed by atoms with Crippen LogP contribution < -0.4 is 4.57 Å². The number of rotatable bonds is 3. The molecule has 1 fully saturated rings. The van der Waals surface area contributed by atoms with E-state index in [1.54, 1.807) is 0 Å². The van der Waals surface area contributed by atoms with E-state index in [0.29, 0.717) is 5.71 Å². The summed E-state index contributed by atoms with van der Waals surface area (Å²) in [6, 6.07) is 12.2. The fraction of sp³-hybridized carbons (Fsp3) is 0.385. The first kappa shape index (κ1) is 16.2. The van der Waals surface area contributed by atoms with Crippen molar-refractivity contribution >= 4 is 22.1 Å². The van der Waals surface area contributed by atoms with Gasteiger partial charge in [-0.2, -0.15) is 0 Å². The van der Waals surface area contributed by atoms with E-state index in [9.17, 15) is 2.74 Å². The standard InChI is InChI=1S/C26H29N2O/c1-17-11-13-21-22-14-12-18(2)27-26(22)29-25(21)23(17)24-20(10-7-15-28(24)3)16-19-8-5-4-6-9-19/h7,10-15,19H,4-6,8-9,16H2,1-3H3/q+1/i16D2. The number of furan rings is 1. The van der Waals surface area contributed by atoms with Gasteiger partial charge in [0.2, 0.25) is 11.4 Å². The minimum absolute atomic E-state index is 0.0434. The smallest absolute Gasteiger partial charge is 0.227 e. The summed E-state index contributed by atoms with van der Waals surface area (Å²) in [5, 5.41) is 2.02. The molecule has 4 aromatic rings. The van der Waals surface area contributed by atoms with Gasteiger partial charge in [0.15, 0.2) is 11.8 Å². The van der Waals surface area contributed by atoms with E-state index in [1.165, 1.54) is 6.42 Å². The number of fused-ring (bicyclic) bond motifs is 3. The number of nitrogens with zero attached hydrogens (tertiary/aromatic N) is 2. The maximum atomic E-state index is 9.17. The molecular weight excluding hydrogens is 356 g/mol. The Kier molecular flexibility index (Phi) is 4.06. The molecular formula is C26H29N2O+. The lowest BCUT2D eigenvalue weighted by Crippen LogP contribution is -2.32. The van der Waals surface area contributed by atoms with Crippen molar-refractivity contribution in [2.24, 2.45) is 13.0 Å². The van der Waals surface area contributed by atoms with Crippen LogP contribution >= 0.6 is 0 Å². The van der Waals surface area contributed by atoms with E-state index >= 15 is 0 Å². The van der Waals surface area contributed by atoms with Crippen molar-refractivity contribution in [3.63, 3.8) is 0 Å². The predicted molar refractivity (Wildman–Crippen MR) is 118 cm³/mol. The molecule has 3 heteroatoms. The molecule has 1 saturated carbocycles. The number of aromatic nitrogens is 2. The van der Waals surface area contributed by atoms with E-state index in [2.05, 4.69) is 30.1 Å². The molecule has 1 aromatic carbocycles. The Bertz CT molecular complexity index is 1290. The van der Waals surface area contributed by atoms with Crippen LogP contribution in [-0.2, 0) is 13.4 Å². The number of benzene rings is 1. The number of hydrogen-bond acceptors (Lipinski definition) is 2. The quantitative estimate of drug-likeness (QED) is 0.391.